The summed E-state index contributed by atoms with van der Waals surface area (Å²) in [5.41, 5.74) is 8.74. The Morgan fingerprint density at radius 3 is 2.56 bits per heavy atom. The topological polar surface area (TPSA) is 55.1 Å². The number of hydrogen-bond donors (Lipinski definition) is 2. The summed E-state index contributed by atoms with van der Waals surface area (Å²) in [4.78, 5) is 12.3. The van der Waals surface area contributed by atoms with E-state index in [1.54, 1.807) is 0 Å². The van der Waals surface area contributed by atoms with Crippen molar-refractivity contribution in [1.29, 1.82) is 0 Å². The fourth-order valence-corrected chi connectivity index (χ4v) is 1.96. The van der Waals surface area contributed by atoms with Crippen LogP contribution in [0, 0.1) is 19.8 Å². The lowest BCUT2D eigenvalue weighted by atomic mass is 10.0. The molecule has 0 spiro atoms. The van der Waals surface area contributed by atoms with Crippen molar-refractivity contribution in [2.24, 2.45) is 11.7 Å². The summed E-state index contributed by atoms with van der Waals surface area (Å²) in [6.07, 6.45) is 1.56. The lowest BCUT2D eigenvalue weighted by molar-refractivity contribution is -0.118. The largest absolute Gasteiger partial charge is 0.393 e. The van der Waals surface area contributed by atoms with Crippen molar-refractivity contribution in [3.05, 3.63) is 29.3 Å². The number of thiocarbonyl (C=S) groups is 1. The molecular weight excluding hydrogens is 244 g/mol. The van der Waals surface area contributed by atoms with Gasteiger partial charge in [0.15, 0.2) is 0 Å². The summed E-state index contributed by atoms with van der Waals surface area (Å²) in [5, 5.41) is 2.87. The number of nitrogens with two attached hydrogens (primary N) is 1. The van der Waals surface area contributed by atoms with E-state index in [0.717, 1.165) is 17.7 Å². The second kappa shape index (κ2) is 6.50. The minimum absolute atomic E-state index is 0.118. The second-order valence-corrected chi connectivity index (χ2v) is 5.00. The number of benzene rings is 1. The summed E-state index contributed by atoms with van der Waals surface area (Å²) in [6.45, 7) is 6.06. The van der Waals surface area contributed by atoms with Gasteiger partial charge in [0.25, 0.3) is 0 Å². The average molecular weight is 264 g/mol. The van der Waals surface area contributed by atoms with Crippen LogP contribution in [0.1, 0.15) is 30.9 Å². The van der Waals surface area contributed by atoms with Gasteiger partial charge in [-0.3, -0.25) is 4.79 Å². The summed E-state index contributed by atoms with van der Waals surface area (Å²) in [7, 11) is 0. The van der Waals surface area contributed by atoms with E-state index in [1.807, 2.05) is 39.0 Å². The predicted molar refractivity (Wildman–Crippen MR) is 79.7 cm³/mol. The molecule has 4 heteroatoms. The highest BCUT2D eigenvalue weighted by atomic mass is 32.1. The van der Waals surface area contributed by atoms with Crippen LogP contribution in [0.15, 0.2) is 18.2 Å². The van der Waals surface area contributed by atoms with E-state index in [4.69, 9.17) is 18.0 Å². The van der Waals surface area contributed by atoms with Gasteiger partial charge in [-0.1, -0.05) is 31.6 Å². The normalized spacial score (nSPS) is 11.9. The van der Waals surface area contributed by atoms with Crippen LogP contribution in [0.4, 0.5) is 5.69 Å². The van der Waals surface area contributed by atoms with E-state index >= 15 is 0 Å². The number of aryl methyl sites for hydroxylation is 2. The van der Waals surface area contributed by atoms with Crippen LogP contribution in [0.5, 0.6) is 0 Å². The van der Waals surface area contributed by atoms with Gasteiger partial charge in [0.05, 0.1) is 10.9 Å². The van der Waals surface area contributed by atoms with Gasteiger partial charge in [-0.15, -0.1) is 0 Å². The Hall–Kier alpha value is -1.42. The molecule has 0 fully saturated rings. The Bertz CT molecular complexity index is 457. The van der Waals surface area contributed by atoms with Crippen molar-refractivity contribution >= 4 is 28.8 Å². The van der Waals surface area contributed by atoms with Gasteiger partial charge in [0, 0.05) is 5.69 Å². The van der Waals surface area contributed by atoms with E-state index in [-0.39, 0.29) is 16.8 Å². The molecule has 3 N–H and O–H groups in total. The van der Waals surface area contributed by atoms with Crippen LogP contribution < -0.4 is 11.1 Å². The molecule has 98 valence electrons. The first kappa shape index (κ1) is 14.6. The Morgan fingerprint density at radius 2 is 2.06 bits per heavy atom. The number of amides is 1. The van der Waals surface area contributed by atoms with Crippen molar-refractivity contribution in [2.45, 2.75) is 33.6 Å². The van der Waals surface area contributed by atoms with Crippen molar-refractivity contribution in [2.75, 3.05) is 5.32 Å². The van der Waals surface area contributed by atoms with Crippen molar-refractivity contribution < 1.29 is 4.79 Å². The number of nitrogens with one attached hydrogen (secondary N) is 1. The van der Waals surface area contributed by atoms with E-state index in [1.165, 1.54) is 5.56 Å². The Labute approximate surface area is 114 Å². The quantitative estimate of drug-likeness (QED) is 0.804. The van der Waals surface area contributed by atoms with Crippen LogP contribution in [-0.2, 0) is 4.79 Å². The highest BCUT2D eigenvalue weighted by molar-refractivity contribution is 7.80. The summed E-state index contributed by atoms with van der Waals surface area (Å²) < 4.78 is 0. The molecule has 1 rings (SSSR count). The number of hydrogen-bond acceptors (Lipinski definition) is 2. The molecular formula is C14H20N2OS. The molecule has 3 nitrogen and oxygen atoms in total. The van der Waals surface area contributed by atoms with E-state index in [9.17, 15) is 4.79 Å². The molecule has 0 saturated carbocycles. The van der Waals surface area contributed by atoms with Crippen molar-refractivity contribution in [3.8, 4) is 0 Å². The van der Waals surface area contributed by atoms with Crippen LogP contribution in [0.2, 0.25) is 0 Å². The molecule has 0 saturated heterocycles. The molecule has 0 bridgehead atoms. The van der Waals surface area contributed by atoms with Crippen LogP contribution in [-0.4, -0.2) is 10.9 Å². The highest BCUT2D eigenvalue weighted by Gasteiger charge is 2.20. The van der Waals surface area contributed by atoms with Crippen LogP contribution in [0.3, 0.4) is 0 Å². The summed E-state index contributed by atoms with van der Waals surface area (Å²) >= 11 is 4.94. The third kappa shape index (κ3) is 3.81. The SMILES string of the molecule is CCCC(C(=O)Nc1ccc(C)c(C)c1)C(N)=S. The summed E-state index contributed by atoms with van der Waals surface area (Å²) in [6, 6.07) is 5.83. The van der Waals surface area contributed by atoms with Gasteiger partial charge in [0.2, 0.25) is 5.91 Å². The van der Waals surface area contributed by atoms with Crippen LogP contribution >= 0.6 is 12.2 Å². The molecule has 1 unspecified atom stereocenters. The fraction of sp³-hybridized carbons (Fsp3) is 0.429. The van der Waals surface area contributed by atoms with E-state index in [2.05, 4.69) is 5.32 Å². The van der Waals surface area contributed by atoms with Gasteiger partial charge < -0.3 is 11.1 Å². The smallest absolute Gasteiger partial charge is 0.234 e. The summed E-state index contributed by atoms with van der Waals surface area (Å²) in [5.74, 6) is -0.501. The zero-order chi connectivity index (χ0) is 13.7. The van der Waals surface area contributed by atoms with Crippen LogP contribution in [0.25, 0.3) is 0 Å². The molecule has 18 heavy (non-hydrogen) atoms. The van der Waals surface area contributed by atoms with Gasteiger partial charge in [-0.2, -0.15) is 0 Å². The molecule has 0 aliphatic heterocycles. The third-order valence-corrected chi connectivity index (χ3v) is 3.30. The Morgan fingerprint density at radius 1 is 1.39 bits per heavy atom. The van der Waals surface area contributed by atoms with Crippen molar-refractivity contribution in [1.82, 2.24) is 0 Å². The van der Waals surface area contributed by atoms with Gasteiger partial charge in [-0.05, 0) is 43.5 Å². The lowest BCUT2D eigenvalue weighted by Gasteiger charge is -2.15. The fourth-order valence-electron chi connectivity index (χ4n) is 1.74. The highest BCUT2D eigenvalue weighted by Crippen LogP contribution is 2.16. The predicted octanol–water partition coefficient (Wildman–Crippen LogP) is 2.94. The third-order valence-electron chi connectivity index (χ3n) is 3.01. The molecule has 1 aromatic carbocycles. The van der Waals surface area contributed by atoms with Crippen molar-refractivity contribution in [3.63, 3.8) is 0 Å². The molecule has 0 heterocycles. The molecule has 1 atom stereocenters. The number of carbonyl (C=O) groups excluding carboxylic acids is 1. The number of rotatable bonds is 5. The van der Waals surface area contributed by atoms with E-state index < -0.39 is 0 Å². The standard InChI is InChI=1S/C14H20N2OS/c1-4-5-12(13(15)18)14(17)16-11-7-6-9(2)10(3)8-11/h6-8,12H,4-5H2,1-3H3,(H2,15,18)(H,16,17). The first-order chi connectivity index (χ1) is 8.45. The van der Waals surface area contributed by atoms with Gasteiger partial charge in [0.1, 0.15) is 0 Å². The monoisotopic (exact) mass is 264 g/mol. The number of carbonyl (C=O) groups is 1. The average Bonchev–Trinajstić information content (AvgIpc) is 2.30. The lowest BCUT2D eigenvalue weighted by Crippen LogP contribution is -2.33. The maximum Gasteiger partial charge on any atom is 0.234 e. The maximum atomic E-state index is 12.1. The second-order valence-electron chi connectivity index (χ2n) is 4.53. The van der Waals surface area contributed by atoms with Gasteiger partial charge in [-0.25, -0.2) is 0 Å². The molecule has 0 radical (unpaired) electrons. The molecule has 0 aliphatic carbocycles. The zero-order valence-corrected chi connectivity index (χ0v) is 11.9. The first-order valence-electron chi connectivity index (χ1n) is 6.13. The first-order valence-corrected chi connectivity index (χ1v) is 6.54. The van der Waals surface area contributed by atoms with E-state index in [0.29, 0.717) is 6.42 Å². The molecule has 0 aliphatic rings. The minimum atomic E-state index is -0.383. The molecule has 0 aromatic heterocycles. The van der Waals surface area contributed by atoms with Gasteiger partial charge >= 0.3 is 0 Å². The molecule has 1 amide bonds. The minimum Gasteiger partial charge on any atom is -0.393 e. The maximum absolute atomic E-state index is 12.1. The number of anilines is 1. The Kier molecular flexibility index (Phi) is 5.28. The Balaban J connectivity index is 2.79. The zero-order valence-electron chi connectivity index (χ0n) is 11.1. The molecule has 1 aromatic rings.